The normalized spacial score (nSPS) is 13.2. The average molecular weight is 677 g/mol. The fourth-order valence-corrected chi connectivity index (χ4v) is 5.95. The van der Waals surface area contributed by atoms with Gasteiger partial charge in [0.15, 0.2) is 6.10 Å². The first-order valence-electron chi connectivity index (χ1n) is 19.1. The van der Waals surface area contributed by atoms with Gasteiger partial charge in [0.2, 0.25) is 0 Å². The van der Waals surface area contributed by atoms with Crippen LogP contribution >= 0.6 is 7.82 Å². The number of ether oxygens (including phenoxy) is 2. The molecule has 0 radical (unpaired) electrons. The molecular weight excluding hydrogens is 603 g/mol. The van der Waals surface area contributed by atoms with Gasteiger partial charge in [-0.05, 0) is 24.7 Å². The highest BCUT2D eigenvalue weighted by atomic mass is 31.2. The lowest BCUT2D eigenvalue weighted by Gasteiger charge is -2.18. The lowest BCUT2D eigenvalue weighted by molar-refractivity contribution is -0.161. The van der Waals surface area contributed by atoms with Gasteiger partial charge in [0.1, 0.15) is 6.61 Å². The summed E-state index contributed by atoms with van der Waals surface area (Å²) in [5, 5.41) is 0. The van der Waals surface area contributed by atoms with Crippen LogP contribution in [0.3, 0.4) is 0 Å². The number of phosphoric ester groups is 1. The SMILES string of the molecule is CCC(C)CCCCCCCCC(=O)O[C@H](COC(=O)CCCCCCCCCCCCCCCCCC(C)C)COP(=O)(O)O. The summed E-state index contributed by atoms with van der Waals surface area (Å²) in [7, 11) is -4.74. The van der Waals surface area contributed by atoms with Crippen molar-refractivity contribution in [3.63, 3.8) is 0 Å². The molecule has 1 unspecified atom stereocenters. The third-order valence-corrected chi connectivity index (χ3v) is 9.33. The lowest BCUT2D eigenvalue weighted by atomic mass is 10.00. The Kier molecular flexibility index (Phi) is 30.7. The minimum atomic E-state index is -4.74. The van der Waals surface area contributed by atoms with Gasteiger partial charge in [0.05, 0.1) is 6.61 Å². The molecule has 2 atom stereocenters. The fraction of sp³-hybridized carbons (Fsp3) is 0.946. The second-order valence-electron chi connectivity index (χ2n) is 14.0. The molecule has 0 aliphatic heterocycles. The first-order valence-corrected chi connectivity index (χ1v) is 20.6. The predicted octanol–water partition coefficient (Wildman–Crippen LogP) is 11.0. The van der Waals surface area contributed by atoms with Gasteiger partial charge in [0, 0.05) is 12.8 Å². The molecule has 0 aromatic carbocycles. The van der Waals surface area contributed by atoms with E-state index in [-0.39, 0.29) is 19.4 Å². The Balaban J connectivity index is 3.88. The lowest BCUT2D eigenvalue weighted by Crippen LogP contribution is -2.29. The zero-order chi connectivity index (χ0) is 34.3. The number of phosphoric acid groups is 1. The van der Waals surface area contributed by atoms with Crippen LogP contribution in [-0.4, -0.2) is 41.0 Å². The van der Waals surface area contributed by atoms with E-state index in [1.165, 1.54) is 109 Å². The first-order chi connectivity index (χ1) is 22.0. The van der Waals surface area contributed by atoms with Crippen molar-refractivity contribution in [1.82, 2.24) is 0 Å². The third-order valence-electron chi connectivity index (χ3n) is 8.84. The predicted molar refractivity (Wildman–Crippen MR) is 189 cm³/mol. The average Bonchev–Trinajstić information content (AvgIpc) is 3.00. The van der Waals surface area contributed by atoms with Gasteiger partial charge in [0.25, 0.3) is 0 Å². The molecule has 0 amide bonds. The molecule has 0 aromatic rings. The highest BCUT2D eigenvalue weighted by Gasteiger charge is 2.22. The van der Waals surface area contributed by atoms with Crippen LogP contribution in [0.4, 0.5) is 0 Å². The Morgan fingerprint density at radius 1 is 0.565 bits per heavy atom. The summed E-state index contributed by atoms with van der Waals surface area (Å²) >= 11 is 0. The Hall–Kier alpha value is -0.950. The van der Waals surface area contributed by atoms with Crippen LogP contribution in [0.1, 0.15) is 195 Å². The van der Waals surface area contributed by atoms with E-state index in [0.29, 0.717) is 6.42 Å². The Bertz CT molecular complexity index is 754. The highest BCUT2D eigenvalue weighted by Crippen LogP contribution is 2.36. The van der Waals surface area contributed by atoms with E-state index in [2.05, 4.69) is 32.2 Å². The molecule has 0 aliphatic carbocycles. The number of hydrogen-bond donors (Lipinski definition) is 2. The molecule has 0 fully saturated rings. The Morgan fingerprint density at radius 2 is 0.957 bits per heavy atom. The standard InChI is InChI=1S/C37H73O8P/c1-5-34(4)28-24-20-17-18-22-26-30-37(39)45-35(32-44-46(40,41)42)31-43-36(38)29-25-21-16-14-12-10-8-6-7-9-11-13-15-19-23-27-33(2)3/h33-35H,5-32H2,1-4H3,(H2,40,41,42)/t34?,35-/m1/s1. The molecule has 8 nitrogen and oxygen atoms in total. The molecule has 0 aliphatic rings. The molecule has 0 bridgehead atoms. The maximum atomic E-state index is 12.3. The molecule has 274 valence electrons. The molecule has 9 heteroatoms. The maximum Gasteiger partial charge on any atom is 0.469 e. The van der Waals surface area contributed by atoms with Gasteiger partial charge in [-0.15, -0.1) is 0 Å². The maximum absolute atomic E-state index is 12.3. The summed E-state index contributed by atoms with van der Waals surface area (Å²) in [6.45, 7) is 8.31. The van der Waals surface area contributed by atoms with Crippen molar-refractivity contribution >= 4 is 19.8 Å². The van der Waals surface area contributed by atoms with Crippen molar-refractivity contribution in [3.8, 4) is 0 Å². The van der Waals surface area contributed by atoms with Crippen molar-refractivity contribution in [2.45, 2.75) is 201 Å². The largest absolute Gasteiger partial charge is 0.469 e. The molecule has 0 saturated carbocycles. The second kappa shape index (κ2) is 31.3. The second-order valence-corrected chi connectivity index (χ2v) is 15.2. The molecular formula is C37H73O8P. The van der Waals surface area contributed by atoms with Crippen LogP contribution in [0, 0.1) is 11.8 Å². The van der Waals surface area contributed by atoms with Gasteiger partial charge >= 0.3 is 19.8 Å². The first kappa shape index (κ1) is 45.0. The zero-order valence-corrected chi connectivity index (χ0v) is 31.2. The van der Waals surface area contributed by atoms with Crippen molar-refractivity contribution in [2.75, 3.05) is 13.2 Å². The number of esters is 2. The molecule has 2 N–H and O–H groups in total. The third kappa shape index (κ3) is 34.4. The van der Waals surface area contributed by atoms with E-state index in [4.69, 9.17) is 19.3 Å². The van der Waals surface area contributed by atoms with Crippen LogP contribution in [0.5, 0.6) is 0 Å². The number of hydrogen-bond acceptors (Lipinski definition) is 6. The molecule has 0 rings (SSSR count). The number of carbonyl (C=O) groups excluding carboxylic acids is 2. The van der Waals surface area contributed by atoms with E-state index >= 15 is 0 Å². The monoisotopic (exact) mass is 677 g/mol. The topological polar surface area (TPSA) is 119 Å². The van der Waals surface area contributed by atoms with Gasteiger partial charge in [-0.25, -0.2) is 4.57 Å². The number of rotatable bonds is 34. The minimum Gasteiger partial charge on any atom is -0.462 e. The van der Waals surface area contributed by atoms with Crippen LogP contribution in [0.25, 0.3) is 0 Å². The van der Waals surface area contributed by atoms with Crippen LogP contribution in [0.15, 0.2) is 0 Å². The van der Waals surface area contributed by atoms with Gasteiger partial charge in [-0.3, -0.25) is 14.1 Å². The van der Waals surface area contributed by atoms with Crippen LogP contribution in [-0.2, 0) is 28.2 Å². The summed E-state index contributed by atoms with van der Waals surface area (Å²) in [6, 6.07) is 0. The van der Waals surface area contributed by atoms with E-state index in [9.17, 15) is 14.2 Å². The molecule has 0 aromatic heterocycles. The quantitative estimate of drug-likeness (QED) is 0.0392. The van der Waals surface area contributed by atoms with Crippen molar-refractivity contribution in [1.29, 1.82) is 0 Å². The van der Waals surface area contributed by atoms with Crippen molar-refractivity contribution in [3.05, 3.63) is 0 Å². The van der Waals surface area contributed by atoms with Crippen LogP contribution in [0.2, 0.25) is 0 Å². The van der Waals surface area contributed by atoms with Gasteiger partial charge < -0.3 is 19.3 Å². The molecule has 0 heterocycles. The van der Waals surface area contributed by atoms with E-state index < -0.39 is 32.5 Å². The van der Waals surface area contributed by atoms with E-state index in [0.717, 1.165) is 50.4 Å². The van der Waals surface area contributed by atoms with Crippen LogP contribution < -0.4 is 0 Å². The van der Waals surface area contributed by atoms with Crippen molar-refractivity contribution in [2.24, 2.45) is 11.8 Å². The van der Waals surface area contributed by atoms with Gasteiger partial charge in [-0.2, -0.15) is 0 Å². The van der Waals surface area contributed by atoms with Gasteiger partial charge in [-0.1, -0.05) is 169 Å². The summed E-state index contributed by atoms with van der Waals surface area (Å²) < 4.78 is 26.3. The Morgan fingerprint density at radius 3 is 1.37 bits per heavy atom. The minimum absolute atomic E-state index is 0.214. The Labute approximate surface area is 283 Å². The smallest absolute Gasteiger partial charge is 0.462 e. The summed E-state index contributed by atoms with van der Waals surface area (Å²) in [5.74, 6) is 0.742. The summed E-state index contributed by atoms with van der Waals surface area (Å²) in [6.07, 6.45) is 28.4. The summed E-state index contributed by atoms with van der Waals surface area (Å²) in [4.78, 5) is 42.6. The van der Waals surface area contributed by atoms with Crippen molar-refractivity contribution < 1.29 is 37.9 Å². The fourth-order valence-electron chi connectivity index (χ4n) is 5.59. The van der Waals surface area contributed by atoms with E-state index in [1.807, 2.05) is 0 Å². The summed E-state index contributed by atoms with van der Waals surface area (Å²) in [5.41, 5.74) is 0. The highest BCUT2D eigenvalue weighted by molar-refractivity contribution is 7.46. The molecule has 0 spiro atoms. The molecule has 46 heavy (non-hydrogen) atoms. The van der Waals surface area contributed by atoms with E-state index in [1.54, 1.807) is 0 Å². The number of carbonyl (C=O) groups is 2. The molecule has 0 saturated heterocycles. The number of unbranched alkanes of at least 4 members (excludes halogenated alkanes) is 19. The zero-order valence-electron chi connectivity index (χ0n) is 30.3.